The fraction of sp³-hybridized carbons (Fsp3) is 0.174. The number of nitrogens with zero attached hydrogens (tertiary/aromatic N) is 1. The SMILES string of the molecule is CC1(c2cccc3ccccc23)NC(=O)N(CC(=O)Nc2ccc(Cl)c(C(F)(F)F)c2)C1=O. The molecule has 1 aliphatic heterocycles. The maximum atomic E-state index is 13.2. The van der Waals surface area contributed by atoms with Crippen LogP contribution in [0.4, 0.5) is 23.7 Å². The molecule has 1 saturated heterocycles. The summed E-state index contributed by atoms with van der Waals surface area (Å²) >= 11 is 5.59. The van der Waals surface area contributed by atoms with Crippen molar-refractivity contribution < 1.29 is 27.6 Å². The lowest BCUT2D eigenvalue weighted by Gasteiger charge is -2.24. The standard InChI is InChI=1S/C23H17ClF3N3O3/c1-22(16-8-4-6-13-5-2-3-7-15(13)16)20(32)30(21(33)29-22)12-19(31)28-14-9-10-18(24)17(11-14)23(25,26)27/h2-11H,12H2,1H3,(H,28,31)(H,29,33). The first kappa shape index (κ1) is 22.6. The Morgan fingerprint density at radius 1 is 1.09 bits per heavy atom. The molecule has 1 atom stereocenters. The van der Waals surface area contributed by atoms with E-state index in [1.807, 2.05) is 30.3 Å². The number of hydrogen-bond acceptors (Lipinski definition) is 3. The lowest BCUT2D eigenvalue weighted by Crippen LogP contribution is -2.42. The number of nitrogens with one attached hydrogen (secondary N) is 2. The van der Waals surface area contributed by atoms with Gasteiger partial charge in [0.2, 0.25) is 5.91 Å². The molecule has 1 aliphatic rings. The molecule has 0 spiro atoms. The van der Waals surface area contributed by atoms with Gasteiger partial charge in [0.25, 0.3) is 5.91 Å². The highest BCUT2D eigenvalue weighted by atomic mass is 35.5. The number of urea groups is 1. The molecular formula is C23H17ClF3N3O3. The van der Waals surface area contributed by atoms with Crippen molar-refractivity contribution >= 4 is 45.9 Å². The Labute approximate surface area is 191 Å². The smallest absolute Gasteiger partial charge is 0.325 e. The maximum absolute atomic E-state index is 13.2. The minimum atomic E-state index is -4.71. The summed E-state index contributed by atoms with van der Waals surface area (Å²) in [6.07, 6.45) is -4.71. The lowest BCUT2D eigenvalue weighted by molar-refractivity contribution is -0.137. The molecule has 0 radical (unpaired) electrons. The Kier molecular flexibility index (Phi) is 5.53. The zero-order valence-corrected chi connectivity index (χ0v) is 17.9. The number of imide groups is 1. The van der Waals surface area contributed by atoms with Gasteiger partial charge in [0.05, 0.1) is 10.6 Å². The fourth-order valence-corrected chi connectivity index (χ4v) is 4.07. The van der Waals surface area contributed by atoms with Gasteiger partial charge in [-0.15, -0.1) is 0 Å². The molecule has 6 nitrogen and oxygen atoms in total. The number of alkyl halides is 3. The first-order valence-corrected chi connectivity index (χ1v) is 10.2. The second-order valence-corrected chi connectivity index (χ2v) is 8.12. The van der Waals surface area contributed by atoms with Crippen molar-refractivity contribution in [2.24, 2.45) is 0 Å². The van der Waals surface area contributed by atoms with Gasteiger partial charge >= 0.3 is 12.2 Å². The minimum Gasteiger partial charge on any atom is -0.325 e. The van der Waals surface area contributed by atoms with Crippen molar-refractivity contribution in [2.45, 2.75) is 18.6 Å². The zero-order chi connectivity index (χ0) is 24.0. The van der Waals surface area contributed by atoms with Gasteiger partial charge in [-0.05, 0) is 41.5 Å². The van der Waals surface area contributed by atoms with E-state index >= 15 is 0 Å². The summed E-state index contributed by atoms with van der Waals surface area (Å²) in [6.45, 7) is 0.872. The third-order valence-corrected chi connectivity index (χ3v) is 5.79. The zero-order valence-electron chi connectivity index (χ0n) is 17.2. The van der Waals surface area contributed by atoms with Crippen LogP contribution in [0.2, 0.25) is 5.02 Å². The van der Waals surface area contributed by atoms with Gasteiger partial charge in [0.1, 0.15) is 12.1 Å². The van der Waals surface area contributed by atoms with E-state index in [0.29, 0.717) is 11.6 Å². The van der Waals surface area contributed by atoms with Gasteiger partial charge in [0.15, 0.2) is 0 Å². The van der Waals surface area contributed by atoms with E-state index in [1.165, 1.54) is 6.07 Å². The van der Waals surface area contributed by atoms with Crippen molar-refractivity contribution in [3.8, 4) is 0 Å². The van der Waals surface area contributed by atoms with E-state index in [2.05, 4.69) is 10.6 Å². The van der Waals surface area contributed by atoms with E-state index in [1.54, 1.807) is 19.1 Å². The number of rotatable bonds is 4. The quantitative estimate of drug-likeness (QED) is 0.526. The third-order valence-electron chi connectivity index (χ3n) is 5.46. The maximum Gasteiger partial charge on any atom is 0.417 e. The molecule has 0 aromatic heterocycles. The molecule has 2 N–H and O–H groups in total. The number of carbonyl (C=O) groups is 3. The highest BCUT2D eigenvalue weighted by molar-refractivity contribution is 6.31. The van der Waals surface area contributed by atoms with Crippen molar-refractivity contribution in [2.75, 3.05) is 11.9 Å². The van der Waals surface area contributed by atoms with Crippen LogP contribution < -0.4 is 10.6 Å². The first-order chi connectivity index (χ1) is 15.5. The number of benzene rings is 3. The monoisotopic (exact) mass is 475 g/mol. The predicted molar refractivity (Wildman–Crippen MR) is 117 cm³/mol. The highest BCUT2D eigenvalue weighted by Gasteiger charge is 2.50. The van der Waals surface area contributed by atoms with Gasteiger partial charge in [-0.2, -0.15) is 13.2 Å². The Morgan fingerprint density at radius 3 is 2.52 bits per heavy atom. The van der Waals surface area contributed by atoms with Crippen LogP contribution >= 0.6 is 11.6 Å². The highest BCUT2D eigenvalue weighted by Crippen LogP contribution is 2.36. The van der Waals surface area contributed by atoms with Crippen LogP contribution in [0.3, 0.4) is 0 Å². The first-order valence-electron chi connectivity index (χ1n) is 9.79. The second-order valence-electron chi connectivity index (χ2n) is 7.71. The summed E-state index contributed by atoms with van der Waals surface area (Å²) in [6, 6.07) is 14.8. The molecular weight excluding hydrogens is 459 g/mol. The predicted octanol–water partition coefficient (Wildman–Crippen LogP) is 4.92. The Bertz CT molecular complexity index is 1290. The summed E-state index contributed by atoms with van der Waals surface area (Å²) in [5.74, 6) is -1.48. The summed E-state index contributed by atoms with van der Waals surface area (Å²) < 4.78 is 39.2. The van der Waals surface area contributed by atoms with Crippen LogP contribution in [-0.2, 0) is 21.3 Å². The molecule has 170 valence electrons. The minimum absolute atomic E-state index is 0.166. The lowest BCUT2D eigenvalue weighted by atomic mass is 9.88. The molecule has 4 rings (SSSR count). The van der Waals surface area contributed by atoms with Crippen LogP contribution in [0, 0.1) is 0 Å². The molecule has 1 heterocycles. The van der Waals surface area contributed by atoms with Crippen molar-refractivity contribution in [1.29, 1.82) is 0 Å². The van der Waals surface area contributed by atoms with Crippen molar-refractivity contribution in [1.82, 2.24) is 10.2 Å². The molecule has 0 bridgehead atoms. The van der Waals surface area contributed by atoms with Crippen molar-refractivity contribution in [3.63, 3.8) is 0 Å². The fourth-order valence-electron chi connectivity index (χ4n) is 3.85. The number of hydrogen-bond donors (Lipinski definition) is 2. The van der Waals surface area contributed by atoms with Gasteiger partial charge < -0.3 is 10.6 Å². The third kappa shape index (κ3) is 4.11. The topological polar surface area (TPSA) is 78.5 Å². The number of fused-ring (bicyclic) bond motifs is 1. The average molecular weight is 476 g/mol. The molecule has 0 saturated carbocycles. The summed E-state index contributed by atoms with van der Waals surface area (Å²) in [4.78, 5) is 39.0. The number of amides is 4. The van der Waals surface area contributed by atoms with Gasteiger partial charge in [0, 0.05) is 5.69 Å². The Hall–Kier alpha value is -3.59. The molecule has 1 fully saturated rings. The molecule has 33 heavy (non-hydrogen) atoms. The van der Waals surface area contributed by atoms with Gasteiger partial charge in [-0.1, -0.05) is 54.1 Å². The molecule has 3 aromatic carbocycles. The number of anilines is 1. The molecule has 3 aromatic rings. The van der Waals surface area contributed by atoms with E-state index in [0.717, 1.165) is 21.7 Å². The molecule has 4 amide bonds. The normalized spacial score (nSPS) is 18.5. The molecule has 1 unspecified atom stereocenters. The van der Waals surface area contributed by atoms with E-state index in [4.69, 9.17) is 11.6 Å². The second kappa shape index (κ2) is 8.08. The van der Waals surface area contributed by atoms with Gasteiger partial charge in [-0.25, -0.2) is 4.79 Å². The number of carbonyl (C=O) groups excluding carboxylic acids is 3. The molecule has 10 heteroatoms. The van der Waals surface area contributed by atoms with Crippen LogP contribution in [0.25, 0.3) is 10.8 Å². The largest absolute Gasteiger partial charge is 0.417 e. The van der Waals surface area contributed by atoms with Crippen LogP contribution in [0.15, 0.2) is 60.7 Å². The van der Waals surface area contributed by atoms with Crippen LogP contribution in [0.1, 0.15) is 18.1 Å². The Balaban J connectivity index is 1.56. The summed E-state index contributed by atoms with van der Waals surface area (Å²) in [5, 5.41) is 6.04. The van der Waals surface area contributed by atoms with E-state index < -0.39 is 46.7 Å². The molecule has 0 aliphatic carbocycles. The summed E-state index contributed by atoms with van der Waals surface area (Å²) in [7, 11) is 0. The van der Waals surface area contributed by atoms with E-state index in [-0.39, 0.29) is 5.69 Å². The summed E-state index contributed by atoms with van der Waals surface area (Å²) in [5.41, 5.74) is -2.13. The van der Waals surface area contributed by atoms with E-state index in [9.17, 15) is 27.6 Å². The van der Waals surface area contributed by atoms with Crippen LogP contribution in [0.5, 0.6) is 0 Å². The van der Waals surface area contributed by atoms with Crippen molar-refractivity contribution in [3.05, 3.63) is 76.8 Å². The average Bonchev–Trinajstić information content (AvgIpc) is 2.97. The van der Waals surface area contributed by atoms with Gasteiger partial charge in [-0.3, -0.25) is 14.5 Å². The Morgan fingerprint density at radius 2 is 1.79 bits per heavy atom. The number of halogens is 4. The van der Waals surface area contributed by atoms with Crippen LogP contribution in [-0.4, -0.2) is 29.3 Å².